The monoisotopic (exact) mass is 300 g/mol. The van der Waals surface area contributed by atoms with Gasteiger partial charge in [0.25, 0.3) is 0 Å². The van der Waals surface area contributed by atoms with E-state index in [9.17, 15) is 5.11 Å². The van der Waals surface area contributed by atoms with Gasteiger partial charge in [-0.05, 0) is 73.5 Å². The molecule has 0 amide bonds. The minimum Gasteiger partial charge on any atom is -0.508 e. The molecule has 22 heavy (non-hydrogen) atoms. The van der Waals surface area contributed by atoms with Gasteiger partial charge in [0.2, 0.25) is 0 Å². The van der Waals surface area contributed by atoms with Gasteiger partial charge in [0, 0.05) is 0 Å². The number of hydrogen-bond donors (Lipinski definition) is 1. The van der Waals surface area contributed by atoms with Crippen LogP contribution in [0.4, 0.5) is 0 Å². The SMILES string of the molecule is CC/C=C(\C)C1CC(C(C)(C)c2ccc(O)cc2)CCC1C. The smallest absolute Gasteiger partial charge is 0.115 e. The van der Waals surface area contributed by atoms with Gasteiger partial charge >= 0.3 is 0 Å². The van der Waals surface area contributed by atoms with Crippen LogP contribution in [-0.4, -0.2) is 5.11 Å². The van der Waals surface area contributed by atoms with Gasteiger partial charge in [-0.15, -0.1) is 0 Å². The summed E-state index contributed by atoms with van der Waals surface area (Å²) in [5.41, 5.74) is 3.10. The van der Waals surface area contributed by atoms with Crippen LogP contribution in [-0.2, 0) is 5.41 Å². The van der Waals surface area contributed by atoms with Crippen molar-refractivity contribution in [3.05, 3.63) is 41.5 Å². The van der Waals surface area contributed by atoms with E-state index < -0.39 is 0 Å². The van der Waals surface area contributed by atoms with Crippen LogP contribution in [0.3, 0.4) is 0 Å². The lowest BCUT2D eigenvalue weighted by atomic mass is 9.61. The Morgan fingerprint density at radius 1 is 1.23 bits per heavy atom. The molecular weight excluding hydrogens is 268 g/mol. The van der Waals surface area contributed by atoms with Crippen molar-refractivity contribution in [1.82, 2.24) is 0 Å². The highest BCUT2D eigenvalue weighted by molar-refractivity contribution is 5.31. The number of phenolic OH excluding ortho intramolecular Hbond substituents is 1. The third-order valence-electron chi connectivity index (χ3n) is 5.94. The summed E-state index contributed by atoms with van der Waals surface area (Å²) in [6, 6.07) is 7.83. The Morgan fingerprint density at radius 3 is 2.45 bits per heavy atom. The van der Waals surface area contributed by atoms with Crippen LogP contribution in [0.1, 0.15) is 65.9 Å². The van der Waals surface area contributed by atoms with Crippen molar-refractivity contribution in [2.75, 3.05) is 0 Å². The number of aromatic hydroxyl groups is 1. The average Bonchev–Trinajstić information content (AvgIpc) is 2.48. The second kappa shape index (κ2) is 6.89. The first-order chi connectivity index (χ1) is 10.4. The van der Waals surface area contributed by atoms with Gasteiger partial charge in [0.15, 0.2) is 0 Å². The highest BCUT2D eigenvalue weighted by Gasteiger charge is 2.37. The van der Waals surface area contributed by atoms with Gasteiger partial charge in [-0.3, -0.25) is 0 Å². The fourth-order valence-electron chi connectivity index (χ4n) is 4.21. The quantitative estimate of drug-likeness (QED) is 0.668. The molecule has 1 heteroatoms. The van der Waals surface area contributed by atoms with E-state index in [1.54, 1.807) is 5.57 Å². The van der Waals surface area contributed by atoms with E-state index >= 15 is 0 Å². The molecule has 1 aliphatic rings. The molecule has 122 valence electrons. The maximum atomic E-state index is 9.53. The standard InChI is InChI=1S/C21H32O/c1-6-7-15(2)20-14-18(9-8-16(20)3)21(4,5)17-10-12-19(22)13-11-17/h7,10-13,16,18,20,22H,6,8-9,14H2,1-5H3/b15-7+. The van der Waals surface area contributed by atoms with Crippen LogP contribution in [0, 0.1) is 17.8 Å². The minimum absolute atomic E-state index is 0.165. The first-order valence-corrected chi connectivity index (χ1v) is 8.82. The molecular formula is C21H32O. The molecule has 0 spiro atoms. The highest BCUT2D eigenvalue weighted by Crippen LogP contribution is 2.46. The van der Waals surface area contributed by atoms with Crippen LogP contribution in [0.5, 0.6) is 5.75 Å². The molecule has 1 N–H and O–H groups in total. The van der Waals surface area contributed by atoms with E-state index in [2.05, 4.69) is 52.8 Å². The maximum Gasteiger partial charge on any atom is 0.115 e. The number of phenols is 1. The molecule has 0 heterocycles. The van der Waals surface area contributed by atoms with Crippen molar-refractivity contribution < 1.29 is 5.11 Å². The minimum atomic E-state index is 0.165. The normalized spacial score (nSPS) is 27.0. The Hall–Kier alpha value is -1.24. The Kier molecular flexibility index (Phi) is 5.36. The molecule has 0 radical (unpaired) electrons. The molecule has 1 nitrogen and oxygen atoms in total. The Balaban J connectivity index is 2.20. The summed E-state index contributed by atoms with van der Waals surface area (Å²) in [6.45, 7) is 11.7. The zero-order valence-electron chi connectivity index (χ0n) is 14.9. The second-order valence-corrected chi connectivity index (χ2v) is 7.72. The lowest BCUT2D eigenvalue weighted by molar-refractivity contribution is 0.157. The number of rotatable bonds is 4. The number of allylic oxidation sites excluding steroid dienone is 2. The van der Waals surface area contributed by atoms with Crippen LogP contribution < -0.4 is 0 Å². The molecule has 1 aromatic rings. The molecule has 0 saturated heterocycles. The van der Waals surface area contributed by atoms with Gasteiger partial charge in [-0.1, -0.05) is 51.5 Å². The van der Waals surface area contributed by atoms with E-state index in [4.69, 9.17) is 0 Å². The van der Waals surface area contributed by atoms with Gasteiger partial charge in [-0.2, -0.15) is 0 Å². The largest absolute Gasteiger partial charge is 0.508 e. The lowest BCUT2D eigenvalue weighted by Gasteiger charge is -2.43. The molecule has 0 aliphatic heterocycles. The third kappa shape index (κ3) is 3.56. The molecule has 1 aliphatic carbocycles. The van der Waals surface area contributed by atoms with Crippen molar-refractivity contribution >= 4 is 0 Å². The molecule has 3 atom stereocenters. The van der Waals surface area contributed by atoms with E-state index in [0.29, 0.717) is 11.7 Å². The second-order valence-electron chi connectivity index (χ2n) is 7.72. The summed E-state index contributed by atoms with van der Waals surface area (Å²) in [6.07, 6.45) is 7.48. The van der Waals surface area contributed by atoms with Crippen molar-refractivity contribution in [3.63, 3.8) is 0 Å². The van der Waals surface area contributed by atoms with E-state index in [1.165, 1.54) is 24.8 Å². The molecule has 1 aromatic carbocycles. The van der Waals surface area contributed by atoms with Crippen LogP contribution >= 0.6 is 0 Å². The first kappa shape index (κ1) is 17.1. The third-order valence-corrected chi connectivity index (χ3v) is 5.94. The molecule has 2 rings (SSSR count). The molecule has 3 unspecified atom stereocenters. The average molecular weight is 300 g/mol. The Labute approximate surface area is 136 Å². The summed E-state index contributed by atoms with van der Waals surface area (Å²) < 4.78 is 0. The number of hydrogen-bond acceptors (Lipinski definition) is 1. The fourth-order valence-corrected chi connectivity index (χ4v) is 4.21. The summed E-state index contributed by atoms with van der Waals surface area (Å²) in [7, 11) is 0. The van der Waals surface area contributed by atoms with Crippen LogP contribution in [0.15, 0.2) is 35.9 Å². The van der Waals surface area contributed by atoms with E-state index in [-0.39, 0.29) is 5.41 Å². The molecule has 1 saturated carbocycles. The van der Waals surface area contributed by atoms with Gasteiger partial charge in [0.05, 0.1) is 0 Å². The zero-order valence-corrected chi connectivity index (χ0v) is 14.9. The molecule has 1 fully saturated rings. The van der Waals surface area contributed by atoms with Crippen molar-refractivity contribution in [3.8, 4) is 5.75 Å². The fraction of sp³-hybridized carbons (Fsp3) is 0.619. The summed E-state index contributed by atoms with van der Waals surface area (Å²) in [5.74, 6) is 2.60. The predicted octanol–water partition coefficient (Wildman–Crippen LogP) is 6.08. The summed E-state index contributed by atoms with van der Waals surface area (Å²) in [5, 5.41) is 9.53. The van der Waals surface area contributed by atoms with Gasteiger partial charge in [0.1, 0.15) is 5.75 Å². The topological polar surface area (TPSA) is 20.2 Å². The van der Waals surface area contributed by atoms with Gasteiger partial charge < -0.3 is 5.11 Å². The zero-order chi connectivity index (χ0) is 16.3. The first-order valence-electron chi connectivity index (χ1n) is 8.82. The Bertz CT molecular complexity index is 509. The lowest BCUT2D eigenvalue weighted by Crippen LogP contribution is -2.35. The van der Waals surface area contributed by atoms with Crippen LogP contribution in [0.2, 0.25) is 0 Å². The van der Waals surface area contributed by atoms with Crippen molar-refractivity contribution in [1.29, 1.82) is 0 Å². The van der Waals surface area contributed by atoms with Gasteiger partial charge in [-0.25, -0.2) is 0 Å². The summed E-state index contributed by atoms with van der Waals surface area (Å²) in [4.78, 5) is 0. The predicted molar refractivity (Wildman–Crippen MR) is 95.2 cm³/mol. The van der Waals surface area contributed by atoms with E-state index in [0.717, 1.165) is 18.3 Å². The summed E-state index contributed by atoms with van der Waals surface area (Å²) >= 11 is 0. The maximum absolute atomic E-state index is 9.53. The van der Waals surface area contributed by atoms with E-state index in [1.807, 2.05) is 12.1 Å². The highest BCUT2D eigenvalue weighted by atomic mass is 16.3. The van der Waals surface area contributed by atoms with Crippen molar-refractivity contribution in [2.24, 2.45) is 17.8 Å². The van der Waals surface area contributed by atoms with Crippen molar-refractivity contribution in [2.45, 2.75) is 65.7 Å². The van der Waals surface area contributed by atoms with Crippen LogP contribution in [0.25, 0.3) is 0 Å². The Morgan fingerprint density at radius 2 is 1.86 bits per heavy atom. The molecule has 0 bridgehead atoms. The number of benzene rings is 1. The molecule has 0 aromatic heterocycles.